The van der Waals surface area contributed by atoms with E-state index in [1.807, 2.05) is 13.0 Å². The van der Waals surface area contributed by atoms with Gasteiger partial charge in [0.15, 0.2) is 0 Å². The van der Waals surface area contributed by atoms with E-state index in [4.69, 9.17) is 4.98 Å². The molecule has 2 amide bonds. The maximum atomic E-state index is 13.4. The summed E-state index contributed by atoms with van der Waals surface area (Å²) in [5, 5.41) is 10.5. The second-order valence-electron chi connectivity index (χ2n) is 10.8. The third kappa shape index (κ3) is 5.04. The first-order chi connectivity index (χ1) is 17.4. The predicted molar refractivity (Wildman–Crippen MR) is 139 cm³/mol. The Morgan fingerprint density at radius 1 is 1.19 bits per heavy atom. The van der Waals surface area contributed by atoms with Gasteiger partial charge in [0.2, 0.25) is 5.91 Å². The molecular formula is C28H38N6O2. The molecule has 2 aliphatic rings. The summed E-state index contributed by atoms with van der Waals surface area (Å²) in [6.45, 7) is 7.97. The van der Waals surface area contributed by atoms with E-state index < -0.39 is 0 Å². The van der Waals surface area contributed by atoms with Crippen molar-refractivity contribution in [3.63, 3.8) is 0 Å². The van der Waals surface area contributed by atoms with Crippen molar-refractivity contribution < 1.29 is 9.59 Å². The van der Waals surface area contributed by atoms with Crippen molar-refractivity contribution in [3.05, 3.63) is 47.5 Å². The van der Waals surface area contributed by atoms with Crippen molar-refractivity contribution in [2.45, 2.75) is 71.9 Å². The molecule has 3 unspecified atom stereocenters. The number of aromatic nitrogens is 4. The Morgan fingerprint density at radius 3 is 2.72 bits per heavy atom. The number of carbonyl (C=O) groups is 2. The molecule has 3 aromatic rings. The summed E-state index contributed by atoms with van der Waals surface area (Å²) < 4.78 is 1.73. The van der Waals surface area contributed by atoms with Crippen LogP contribution in [0.2, 0.25) is 0 Å². The van der Waals surface area contributed by atoms with E-state index in [1.165, 1.54) is 25.7 Å². The Hall–Kier alpha value is -3.16. The lowest BCUT2D eigenvalue weighted by Crippen LogP contribution is -2.37. The van der Waals surface area contributed by atoms with Gasteiger partial charge < -0.3 is 15.6 Å². The normalized spacial score (nSPS) is 24.0. The van der Waals surface area contributed by atoms with Gasteiger partial charge in [-0.25, -0.2) is 4.98 Å². The molecule has 0 spiro atoms. The SMILES string of the molecule is CCn1nccc1C(=O)NC(c1nc2ccc(CC3CCNC3=O)cc2[nH]1)C(C)C1CCC(C)CC1. The standard InChI is InChI=1S/C28H38N6O2/c1-4-34-24(12-14-30-34)28(36)33-25(18(3)20-8-5-17(2)6-9-20)26-31-22-10-7-19(16-23(22)32-26)15-21-11-13-29-27(21)35/h7,10,12,14,16-18,20-21,25H,4-6,8-9,11,13,15H2,1-3H3,(H,29,35)(H,31,32)(H,33,36). The van der Waals surface area contributed by atoms with Crippen LogP contribution in [0, 0.1) is 23.7 Å². The molecule has 1 aromatic carbocycles. The van der Waals surface area contributed by atoms with Crippen LogP contribution in [0.3, 0.4) is 0 Å². The summed E-state index contributed by atoms with van der Waals surface area (Å²) in [5.41, 5.74) is 3.52. The molecule has 8 nitrogen and oxygen atoms in total. The van der Waals surface area contributed by atoms with E-state index in [2.05, 4.69) is 46.7 Å². The number of aromatic amines is 1. The highest BCUT2D eigenvalue weighted by molar-refractivity contribution is 5.92. The number of hydrogen-bond acceptors (Lipinski definition) is 4. The van der Waals surface area contributed by atoms with Crippen molar-refractivity contribution in [2.75, 3.05) is 6.54 Å². The Kier molecular flexibility index (Phi) is 7.12. The number of benzene rings is 1. The second kappa shape index (κ2) is 10.4. The van der Waals surface area contributed by atoms with Crippen LogP contribution < -0.4 is 10.6 Å². The summed E-state index contributed by atoms with van der Waals surface area (Å²) in [5.74, 6) is 2.39. The van der Waals surface area contributed by atoms with E-state index >= 15 is 0 Å². The third-order valence-electron chi connectivity index (χ3n) is 8.37. The van der Waals surface area contributed by atoms with Gasteiger partial charge in [-0.1, -0.05) is 32.8 Å². The zero-order valence-corrected chi connectivity index (χ0v) is 21.6. The van der Waals surface area contributed by atoms with Gasteiger partial charge in [-0.2, -0.15) is 5.10 Å². The molecule has 5 rings (SSSR count). The summed E-state index contributed by atoms with van der Waals surface area (Å²) in [6, 6.07) is 7.74. The van der Waals surface area contributed by atoms with Gasteiger partial charge in [-0.15, -0.1) is 0 Å². The smallest absolute Gasteiger partial charge is 0.270 e. The van der Waals surface area contributed by atoms with Crippen molar-refractivity contribution in [2.24, 2.45) is 23.7 Å². The fourth-order valence-electron chi connectivity index (χ4n) is 6.00. The number of fused-ring (bicyclic) bond motifs is 1. The van der Waals surface area contributed by atoms with Crippen LogP contribution in [-0.4, -0.2) is 38.1 Å². The molecule has 0 radical (unpaired) electrons. The fourth-order valence-corrected chi connectivity index (χ4v) is 6.00. The summed E-state index contributed by atoms with van der Waals surface area (Å²) in [4.78, 5) is 33.9. The first-order valence-electron chi connectivity index (χ1n) is 13.5. The van der Waals surface area contributed by atoms with Crippen molar-refractivity contribution in [3.8, 4) is 0 Å². The number of hydrogen-bond donors (Lipinski definition) is 3. The Labute approximate surface area is 212 Å². The van der Waals surface area contributed by atoms with E-state index in [-0.39, 0.29) is 29.7 Å². The molecule has 1 saturated heterocycles. The maximum Gasteiger partial charge on any atom is 0.270 e. The molecule has 1 aliphatic carbocycles. The number of nitrogens with zero attached hydrogens (tertiary/aromatic N) is 3. The van der Waals surface area contributed by atoms with Crippen LogP contribution in [0.4, 0.5) is 0 Å². The highest BCUT2D eigenvalue weighted by Gasteiger charge is 2.33. The van der Waals surface area contributed by atoms with Crippen LogP contribution in [0.25, 0.3) is 11.0 Å². The molecule has 3 heterocycles. The molecule has 3 N–H and O–H groups in total. The Balaban J connectivity index is 1.42. The zero-order valence-electron chi connectivity index (χ0n) is 21.6. The summed E-state index contributed by atoms with van der Waals surface area (Å²) in [7, 11) is 0. The number of nitrogens with one attached hydrogen (secondary N) is 3. The molecular weight excluding hydrogens is 452 g/mol. The van der Waals surface area contributed by atoms with Gasteiger partial charge in [0, 0.05) is 25.2 Å². The van der Waals surface area contributed by atoms with Gasteiger partial charge in [0.1, 0.15) is 11.5 Å². The molecule has 36 heavy (non-hydrogen) atoms. The molecule has 2 aromatic heterocycles. The largest absolute Gasteiger partial charge is 0.356 e. The van der Waals surface area contributed by atoms with E-state index in [0.717, 1.165) is 47.7 Å². The summed E-state index contributed by atoms with van der Waals surface area (Å²) in [6.07, 6.45) is 8.10. The van der Waals surface area contributed by atoms with Gasteiger partial charge in [0.05, 0.1) is 17.1 Å². The Bertz CT molecular complexity index is 1220. The molecule has 1 aliphatic heterocycles. The average molecular weight is 491 g/mol. The quantitative estimate of drug-likeness (QED) is 0.435. The van der Waals surface area contributed by atoms with Crippen LogP contribution in [0.1, 0.15) is 80.8 Å². The molecule has 8 heteroatoms. The van der Waals surface area contributed by atoms with Gasteiger partial charge in [-0.3, -0.25) is 14.3 Å². The lowest BCUT2D eigenvalue weighted by atomic mass is 9.74. The first kappa shape index (κ1) is 24.5. The van der Waals surface area contributed by atoms with Crippen LogP contribution in [0.5, 0.6) is 0 Å². The lowest BCUT2D eigenvalue weighted by molar-refractivity contribution is -0.122. The molecule has 1 saturated carbocycles. The molecule has 0 bridgehead atoms. The van der Waals surface area contributed by atoms with Gasteiger partial charge >= 0.3 is 0 Å². The predicted octanol–water partition coefficient (Wildman–Crippen LogP) is 4.39. The first-order valence-corrected chi connectivity index (χ1v) is 13.5. The fraction of sp³-hybridized carbons (Fsp3) is 0.571. The number of aryl methyl sites for hydroxylation is 1. The monoisotopic (exact) mass is 490 g/mol. The minimum Gasteiger partial charge on any atom is -0.356 e. The molecule has 2 fully saturated rings. The topological polar surface area (TPSA) is 105 Å². The Morgan fingerprint density at radius 2 is 2.00 bits per heavy atom. The van der Waals surface area contributed by atoms with Crippen LogP contribution in [-0.2, 0) is 17.8 Å². The number of amides is 2. The van der Waals surface area contributed by atoms with E-state index in [0.29, 0.717) is 18.2 Å². The van der Waals surface area contributed by atoms with Crippen LogP contribution >= 0.6 is 0 Å². The van der Waals surface area contributed by atoms with Crippen LogP contribution in [0.15, 0.2) is 30.5 Å². The lowest BCUT2D eigenvalue weighted by Gasteiger charge is -2.35. The van der Waals surface area contributed by atoms with Gasteiger partial charge in [0.25, 0.3) is 5.91 Å². The highest BCUT2D eigenvalue weighted by atomic mass is 16.2. The van der Waals surface area contributed by atoms with Crippen molar-refractivity contribution in [1.82, 2.24) is 30.4 Å². The van der Waals surface area contributed by atoms with Crippen molar-refractivity contribution >= 4 is 22.8 Å². The zero-order chi connectivity index (χ0) is 25.2. The molecule has 3 atom stereocenters. The maximum absolute atomic E-state index is 13.4. The number of imidazole rings is 1. The summed E-state index contributed by atoms with van der Waals surface area (Å²) >= 11 is 0. The third-order valence-corrected chi connectivity index (χ3v) is 8.37. The van der Waals surface area contributed by atoms with Gasteiger partial charge in [-0.05, 0) is 74.1 Å². The average Bonchev–Trinajstić information content (AvgIpc) is 3.62. The minimum atomic E-state index is -0.229. The highest BCUT2D eigenvalue weighted by Crippen LogP contribution is 2.38. The van der Waals surface area contributed by atoms with Crippen molar-refractivity contribution in [1.29, 1.82) is 0 Å². The van der Waals surface area contributed by atoms with E-state index in [9.17, 15) is 9.59 Å². The second-order valence-corrected chi connectivity index (χ2v) is 10.8. The minimum absolute atomic E-state index is 0.0361. The number of carbonyl (C=O) groups excluding carboxylic acids is 2. The number of rotatable bonds is 8. The van der Waals surface area contributed by atoms with E-state index in [1.54, 1.807) is 16.9 Å². The molecule has 192 valence electrons. The number of H-pyrrole nitrogens is 1.